The van der Waals surface area contributed by atoms with Crippen LogP contribution in [0.3, 0.4) is 0 Å². The number of hydrogen-bond acceptors (Lipinski definition) is 4. The van der Waals surface area contributed by atoms with E-state index in [1.807, 2.05) is 18.2 Å². The Kier molecular flexibility index (Phi) is 6.61. The average molecular weight is 260 g/mol. The summed E-state index contributed by atoms with van der Waals surface area (Å²) in [6, 6.07) is 5.49. The second kappa shape index (κ2) is 8.27. The number of hydrogen-bond donors (Lipinski definition) is 4. The maximum Gasteiger partial charge on any atom is 0.224 e. The molecule has 0 fully saturated rings. The van der Waals surface area contributed by atoms with Gasteiger partial charge in [-0.25, -0.2) is 0 Å². The number of carbonyl (C=O) groups is 1. The van der Waals surface area contributed by atoms with Crippen LogP contribution in [0.5, 0.6) is 0 Å². The molecule has 0 unspecified atom stereocenters. The molecule has 0 bridgehead atoms. The molecule has 0 aliphatic carbocycles. The van der Waals surface area contributed by atoms with Gasteiger partial charge in [-0.3, -0.25) is 4.79 Å². The number of carbonyl (C=O) groups excluding carboxylic acids is 1. The van der Waals surface area contributed by atoms with E-state index in [0.29, 0.717) is 31.6 Å². The molecule has 5 nitrogen and oxygen atoms in total. The molecule has 5 heteroatoms. The lowest BCUT2D eigenvalue weighted by Crippen LogP contribution is -2.13. The Labute approximate surface area is 113 Å². The Hall–Kier alpha value is -1.87. The van der Waals surface area contributed by atoms with Crippen molar-refractivity contribution in [1.29, 1.82) is 0 Å². The minimum Gasteiger partial charge on any atom is -0.330 e. The zero-order valence-electron chi connectivity index (χ0n) is 10.9. The van der Waals surface area contributed by atoms with Crippen molar-refractivity contribution in [3.63, 3.8) is 0 Å². The lowest BCUT2D eigenvalue weighted by molar-refractivity contribution is -0.116. The van der Waals surface area contributed by atoms with Crippen molar-refractivity contribution in [1.82, 2.24) is 0 Å². The summed E-state index contributed by atoms with van der Waals surface area (Å²) in [6.45, 7) is 1.19. The number of anilines is 1. The van der Waals surface area contributed by atoms with Crippen molar-refractivity contribution in [2.45, 2.75) is 19.4 Å². The molecule has 0 saturated carbocycles. The van der Waals surface area contributed by atoms with E-state index in [9.17, 15) is 4.79 Å². The first-order valence-corrected chi connectivity index (χ1v) is 6.23. The van der Waals surface area contributed by atoms with Crippen LogP contribution in [0.2, 0.25) is 0 Å². The first-order valence-electron chi connectivity index (χ1n) is 6.23. The van der Waals surface area contributed by atoms with Gasteiger partial charge in [-0.15, -0.1) is 0 Å². The van der Waals surface area contributed by atoms with Gasteiger partial charge in [-0.2, -0.15) is 0 Å². The number of rotatable bonds is 5. The van der Waals surface area contributed by atoms with Crippen LogP contribution in [0.1, 0.15) is 24.0 Å². The summed E-state index contributed by atoms with van der Waals surface area (Å²) in [7, 11) is 0. The van der Waals surface area contributed by atoms with E-state index in [-0.39, 0.29) is 12.5 Å². The normalized spacial score (nSPS) is 9.63. The number of benzene rings is 1. The van der Waals surface area contributed by atoms with Crippen LogP contribution in [0.25, 0.3) is 0 Å². The molecule has 102 valence electrons. The summed E-state index contributed by atoms with van der Waals surface area (Å²) >= 11 is 0. The standard InChI is InChI=1S/C14H20N4O/c15-7-1-3-11-9-13(6-5-12(11)10-17)18-14(19)4-2-8-16/h5-6,9H,2,4,7-8,10,15-17H2,(H,18,19). The zero-order chi connectivity index (χ0) is 14.1. The van der Waals surface area contributed by atoms with Crippen molar-refractivity contribution in [3.8, 4) is 11.8 Å². The van der Waals surface area contributed by atoms with E-state index in [1.54, 1.807) is 0 Å². The summed E-state index contributed by atoms with van der Waals surface area (Å²) in [6.07, 6.45) is 1.09. The lowest BCUT2D eigenvalue weighted by atomic mass is 10.1. The zero-order valence-corrected chi connectivity index (χ0v) is 10.9. The highest BCUT2D eigenvalue weighted by molar-refractivity contribution is 5.90. The maximum absolute atomic E-state index is 11.6. The molecule has 0 atom stereocenters. The van der Waals surface area contributed by atoms with E-state index in [0.717, 1.165) is 11.1 Å². The highest BCUT2D eigenvalue weighted by Gasteiger charge is 2.04. The van der Waals surface area contributed by atoms with Crippen LogP contribution < -0.4 is 22.5 Å². The van der Waals surface area contributed by atoms with Gasteiger partial charge < -0.3 is 22.5 Å². The van der Waals surface area contributed by atoms with Gasteiger partial charge in [0.2, 0.25) is 5.91 Å². The highest BCUT2D eigenvalue weighted by Crippen LogP contribution is 2.15. The van der Waals surface area contributed by atoms with Gasteiger partial charge in [0.05, 0.1) is 6.54 Å². The molecule has 19 heavy (non-hydrogen) atoms. The van der Waals surface area contributed by atoms with Gasteiger partial charge in [0.1, 0.15) is 0 Å². The van der Waals surface area contributed by atoms with Crippen molar-refractivity contribution in [2.24, 2.45) is 17.2 Å². The van der Waals surface area contributed by atoms with Gasteiger partial charge in [0.15, 0.2) is 0 Å². The van der Waals surface area contributed by atoms with E-state index in [2.05, 4.69) is 17.2 Å². The van der Waals surface area contributed by atoms with Gasteiger partial charge in [-0.1, -0.05) is 17.9 Å². The van der Waals surface area contributed by atoms with Crippen LogP contribution in [-0.2, 0) is 11.3 Å². The maximum atomic E-state index is 11.6. The third-order valence-electron chi connectivity index (χ3n) is 2.55. The molecule has 0 aromatic heterocycles. The van der Waals surface area contributed by atoms with E-state index in [4.69, 9.17) is 17.2 Å². The molecule has 0 spiro atoms. The fourth-order valence-electron chi connectivity index (χ4n) is 1.58. The fourth-order valence-corrected chi connectivity index (χ4v) is 1.58. The highest BCUT2D eigenvalue weighted by atomic mass is 16.1. The van der Waals surface area contributed by atoms with Crippen LogP contribution in [-0.4, -0.2) is 19.0 Å². The number of amides is 1. The third-order valence-corrected chi connectivity index (χ3v) is 2.55. The van der Waals surface area contributed by atoms with Crippen molar-refractivity contribution in [2.75, 3.05) is 18.4 Å². The topological polar surface area (TPSA) is 107 Å². The molecule has 0 heterocycles. The number of nitrogens with one attached hydrogen (secondary N) is 1. The average Bonchev–Trinajstić information content (AvgIpc) is 2.43. The Morgan fingerprint density at radius 2 is 2.05 bits per heavy atom. The molecule has 1 aromatic rings. The molecule has 1 amide bonds. The third kappa shape index (κ3) is 5.10. The molecular weight excluding hydrogens is 240 g/mol. The van der Waals surface area contributed by atoms with Gasteiger partial charge in [0.25, 0.3) is 0 Å². The molecule has 1 aromatic carbocycles. The van der Waals surface area contributed by atoms with Gasteiger partial charge in [0, 0.05) is 24.2 Å². The van der Waals surface area contributed by atoms with Gasteiger partial charge in [-0.05, 0) is 30.7 Å². The minimum absolute atomic E-state index is 0.0521. The summed E-state index contributed by atoms with van der Waals surface area (Å²) < 4.78 is 0. The summed E-state index contributed by atoms with van der Waals surface area (Å²) in [5.41, 5.74) is 18.8. The first-order chi connectivity index (χ1) is 9.21. The molecule has 0 aliphatic rings. The van der Waals surface area contributed by atoms with Crippen molar-refractivity contribution in [3.05, 3.63) is 29.3 Å². The molecule has 0 aliphatic heterocycles. The Morgan fingerprint density at radius 1 is 1.26 bits per heavy atom. The summed E-state index contributed by atoms with van der Waals surface area (Å²) in [4.78, 5) is 11.6. The quantitative estimate of drug-likeness (QED) is 0.564. The monoisotopic (exact) mass is 260 g/mol. The van der Waals surface area contributed by atoms with Crippen LogP contribution in [0.15, 0.2) is 18.2 Å². The first kappa shape index (κ1) is 15.2. The Balaban J connectivity index is 2.83. The predicted molar refractivity (Wildman–Crippen MR) is 77.2 cm³/mol. The van der Waals surface area contributed by atoms with E-state index >= 15 is 0 Å². The molecule has 0 radical (unpaired) electrons. The molecule has 0 saturated heterocycles. The number of nitrogens with two attached hydrogens (primary N) is 3. The summed E-state index contributed by atoms with van der Waals surface area (Å²) in [5.74, 6) is 5.69. The second-order valence-electron chi connectivity index (χ2n) is 4.02. The second-order valence-corrected chi connectivity index (χ2v) is 4.02. The van der Waals surface area contributed by atoms with E-state index < -0.39 is 0 Å². The largest absolute Gasteiger partial charge is 0.330 e. The van der Waals surface area contributed by atoms with Crippen LogP contribution in [0, 0.1) is 11.8 Å². The van der Waals surface area contributed by atoms with Crippen molar-refractivity contribution < 1.29 is 4.79 Å². The van der Waals surface area contributed by atoms with Crippen LogP contribution >= 0.6 is 0 Å². The van der Waals surface area contributed by atoms with Crippen molar-refractivity contribution >= 4 is 11.6 Å². The Morgan fingerprint density at radius 3 is 2.68 bits per heavy atom. The fraction of sp³-hybridized carbons (Fsp3) is 0.357. The predicted octanol–water partition coefficient (Wildman–Crippen LogP) is 0.133. The lowest BCUT2D eigenvalue weighted by Gasteiger charge is -2.08. The molecule has 7 N–H and O–H groups in total. The van der Waals surface area contributed by atoms with E-state index in [1.165, 1.54) is 0 Å². The molecular formula is C14H20N4O. The SMILES string of the molecule is NCC#Cc1cc(NC(=O)CCCN)ccc1CN. The van der Waals surface area contributed by atoms with Gasteiger partial charge >= 0.3 is 0 Å². The molecule has 1 rings (SSSR count). The minimum atomic E-state index is -0.0521. The van der Waals surface area contributed by atoms with Crippen LogP contribution in [0.4, 0.5) is 5.69 Å². The smallest absolute Gasteiger partial charge is 0.224 e. The summed E-state index contributed by atoms with van der Waals surface area (Å²) in [5, 5.41) is 2.81. The Bertz CT molecular complexity index is 488.